The van der Waals surface area contributed by atoms with Crippen molar-refractivity contribution in [3.05, 3.63) is 11.9 Å². The smallest absolute Gasteiger partial charge is 0.213 e. The van der Waals surface area contributed by atoms with Gasteiger partial charge in [-0.15, -0.1) is 5.10 Å². The van der Waals surface area contributed by atoms with Gasteiger partial charge in [-0.2, -0.15) is 0 Å². The molecule has 0 atom stereocenters. The average Bonchev–Trinajstić information content (AvgIpc) is 2.50. The van der Waals surface area contributed by atoms with Gasteiger partial charge < -0.3 is 5.11 Å². The van der Waals surface area contributed by atoms with Crippen LogP contribution in [0.25, 0.3) is 0 Å². The Balaban J connectivity index is 2.95. The summed E-state index contributed by atoms with van der Waals surface area (Å²) in [7, 11) is 0. The SMILES string of the molecule is CCCn1nncc1C(=O)C(C)(C)O. The van der Waals surface area contributed by atoms with Gasteiger partial charge >= 0.3 is 0 Å². The molecule has 1 aromatic heterocycles. The van der Waals surface area contributed by atoms with Crippen molar-refractivity contribution in [3.8, 4) is 0 Å². The highest BCUT2D eigenvalue weighted by molar-refractivity contribution is 6.00. The van der Waals surface area contributed by atoms with Crippen molar-refractivity contribution < 1.29 is 9.90 Å². The first-order chi connectivity index (χ1) is 6.46. The van der Waals surface area contributed by atoms with E-state index >= 15 is 0 Å². The lowest BCUT2D eigenvalue weighted by Crippen LogP contribution is -2.33. The number of aromatic nitrogens is 3. The molecule has 78 valence electrons. The van der Waals surface area contributed by atoms with Gasteiger partial charge in [-0.25, -0.2) is 4.68 Å². The highest BCUT2D eigenvalue weighted by atomic mass is 16.3. The third kappa shape index (κ3) is 2.17. The van der Waals surface area contributed by atoms with Crippen LogP contribution in [0.5, 0.6) is 0 Å². The van der Waals surface area contributed by atoms with Gasteiger partial charge in [0.25, 0.3) is 0 Å². The van der Waals surface area contributed by atoms with Gasteiger partial charge in [-0.05, 0) is 20.3 Å². The molecular formula is C9H15N3O2. The number of aryl methyl sites for hydroxylation is 1. The fourth-order valence-electron chi connectivity index (χ4n) is 1.12. The zero-order valence-corrected chi connectivity index (χ0v) is 8.69. The molecule has 0 aliphatic rings. The monoisotopic (exact) mass is 197 g/mol. The fourth-order valence-corrected chi connectivity index (χ4v) is 1.12. The Morgan fingerprint density at radius 2 is 2.29 bits per heavy atom. The summed E-state index contributed by atoms with van der Waals surface area (Å²) < 4.78 is 1.51. The lowest BCUT2D eigenvalue weighted by molar-refractivity contribution is 0.0476. The molecule has 0 aromatic carbocycles. The number of rotatable bonds is 4. The summed E-state index contributed by atoms with van der Waals surface area (Å²) in [6.45, 7) is 5.54. The van der Waals surface area contributed by atoms with E-state index in [-0.39, 0.29) is 5.78 Å². The van der Waals surface area contributed by atoms with Crippen molar-refractivity contribution >= 4 is 5.78 Å². The molecule has 0 unspecified atom stereocenters. The van der Waals surface area contributed by atoms with Crippen LogP contribution in [-0.2, 0) is 6.54 Å². The number of carbonyl (C=O) groups is 1. The van der Waals surface area contributed by atoms with Gasteiger partial charge in [0, 0.05) is 6.54 Å². The third-order valence-electron chi connectivity index (χ3n) is 1.84. The highest BCUT2D eigenvalue weighted by Crippen LogP contribution is 2.11. The summed E-state index contributed by atoms with van der Waals surface area (Å²) in [5.41, 5.74) is -1.01. The van der Waals surface area contributed by atoms with Crippen molar-refractivity contribution in [2.24, 2.45) is 0 Å². The Labute approximate surface area is 82.7 Å². The maximum atomic E-state index is 11.7. The van der Waals surface area contributed by atoms with Gasteiger partial charge in [0.2, 0.25) is 5.78 Å². The number of nitrogens with zero attached hydrogens (tertiary/aromatic N) is 3. The Hall–Kier alpha value is -1.23. The van der Waals surface area contributed by atoms with Crippen molar-refractivity contribution in [2.75, 3.05) is 0 Å². The van der Waals surface area contributed by atoms with Crippen LogP contribution in [0.2, 0.25) is 0 Å². The Kier molecular flexibility index (Phi) is 3.00. The lowest BCUT2D eigenvalue weighted by Gasteiger charge is -2.15. The summed E-state index contributed by atoms with van der Waals surface area (Å²) in [6, 6.07) is 0. The van der Waals surface area contributed by atoms with Crippen LogP contribution >= 0.6 is 0 Å². The normalized spacial score (nSPS) is 11.7. The van der Waals surface area contributed by atoms with Crippen LogP contribution in [0.15, 0.2) is 6.20 Å². The highest BCUT2D eigenvalue weighted by Gasteiger charge is 2.28. The minimum atomic E-state index is -1.37. The Morgan fingerprint density at radius 3 is 2.79 bits per heavy atom. The second kappa shape index (κ2) is 3.88. The van der Waals surface area contributed by atoms with E-state index in [4.69, 9.17) is 0 Å². The molecule has 1 aromatic rings. The van der Waals surface area contributed by atoms with Gasteiger partial charge in [-0.3, -0.25) is 4.79 Å². The summed E-state index contributed by atoms with van der Waals surface area (Å²) >= 11 is 0. The minimum absolute atomic E-state index is 0.351. The second-order valence-electron chi connectivity index (χ2n) is 3.73. The van der Waals surface area contributed by atoms with Gasteiger partial charge in [0.1, 0.15) is 11.3 Å². The zero-order valence-electron chi connectivity index (χ0n) is 8.69. The molecule has 0 saturated carbocycles. The van der Waals surface area contributed by atoms with E-state index in [0.29, 0.717) is 12.2 Å². The number of hydrogen-bond acceptors (Lipinski definition) is 4. The number of carbonyl (C=O) groups excluding carboxylic acids is 1. The Morgan fingerprint density at radius 1 is 1.64 bits per heavy atom. The standard InChI is InChI=1S/C9H15N3O2/c1-4-5-12-7(6-10-11-12)8(13)9(2,3)14/h6,14H,4-5H2,1-3H3. The number of ketones is 1. The van der Waals surface area contributed by atoms with Crippen LogP contribution in [0, 0.1) is 0 Å². The molecule has 0 radical (unpaired) electrons. The first kappa shape index (κ1) is 10.8. The molecule has 0 spiro atoms. The van der Waals surface area contributed by atoms with Crippen molar-refractivity contribution in [1.29, 1.82) is 0 Å². The van der Waals surface area contributed by atoms with E-state index in [1.165, 1.54) is 24.7 Å². The van der Waals surface area contributed by atoms with E-state index in [9.17, 15) is 9.90 Å². The van der Waals surface area contributed by atoms with Crippen LogP contribution in [0.1, 0.15) is 37.7 Å². The largest absolute Gasteiger partial charge is 0.382 e. The average molecular weight is 197 g/mol. The summed E-state index contributed by atoms with van der Waals surface area (Å²) in [6.07, 6.45) is 2.26. The fraction of sp³-hybridized carbons (Fsp3) is 0.667. The van der Waals surface area contributed by atoms with Gasteiger partial charge in [0.05, 0.1) is 6.20 Å². The molecule has 5 nitrogen and oxygen atoms in total. The molecular weight excluding hydrogens is 182 g/mol. The molecule has 0 aliphatic carbocycles. The predicted molar refractivity (Wildman–Crippen MR) is 50.9 cm³/mol. The lowest BCUT2D eigenvalue weighted by atomic mass is 10.0. The molecule has 1 rings (SSSR count). The topological polar surface area (TPSA) is 68.0 Å². The molecule has 1 N–H and O–H groups in total. The summed E-state index contributed by atoms with van der Waals surface area (Å²) in [4.78, 5) is 11.7. The van der Waals surface area contributed by atoms with Crippen LogP contribution in [0.3, 0.4) is 0 Å². The van der Waals surface area contributed by atoms with E-state index in [1.807, 2.05) is 6.92 Å². The number of aliphatic hydroxyl groups is 1. The Bertz CT molecular complexity index is 325. The first-order valence-electron chi connectivity index (χ1n) is 4.62. The molecule has 0 fully saturated rings. The second-order valence-corrected chi connectivity index (χ2v) is 3.73. The third-order valence-corrected chi connectivity index (χ3v) is 1.84. The molecule has 1 heterocycles. The number of hydrogen-bond donors (Lipinski definition) is 1. The molecule has 0 bridgehead atoms. The van der Waals surface area contributed by atoms with E-state index < -0.39 is 5.60 Å². The maximum Gasteiger partial charge on any atom is 0.213 e. The molecule has 0 aliphatic heterocycles. The van der Waals surface area contributed by atoms with E-state index in [2.05, 4.69) is 10.3 Å². The summed E-state index contributed by atoms with van der Waals surface area (Å²) in [5, 5.41) is 17.0. The quantitative estimate of drug-likeness (QED) is 0.719. The summed E-state index contributed by atoms with van der Waals surface area (Å²) in [5.74, 6) is -0.351. The minimum Gasteiger partial charge on any atom is -0.382 e. The van der Waals surface area contributed by atoms with Crippen LogP contribution in [-0.4, -0.2) is 31.5 Å². The van der Waals surface area contributed by atoms with Crippen LogP contribution in [0.4, 0.5) is 0 Å². The van der Waals surface area contributed by atoms with E-state index in [1.54, 1.807) is 0 Å². The molecule has 0 amide bonds. The van der Waals surface area contributed by atoms with Crippen LogP contribution < -0.4 is 0 Å². The molecule has 14 heavy (non-hydrogen) atoms. The van der Waals surface area contributed by atoms with Crippen molar-refractivity contribution in [1.82, 2.24) is 15.0 Å². The van der Waals surface area contributed by atoms with Crippen molar-refractivity contribution in [2.45, 2.75) is 39.3 Å². The zero-order chi connectivity index (χ0) is 10.8. The van der Waals surface area contributed by atoms with Gasteiger partial charge in [-0.1, -0.05) is 12.1 Å². The predicted octanol–water partition coefficient (Wildman–Crippen LogP) is 0.642. The van der Waals surface area contributed by atoms with Crippen molar-refractivity contribution in [3.63, 3.8) is 0 Å². The van der Waals surface area contributed by atoms with Gasteiger partial charge in [0.15, 0.2) is 0 Å². The first-order valence-corrected chi connectivity index (χ1v) is 4.62. The number of Topliss-reactive ketones (excluding diaryl/α,β-unsaturated/α-hetero) is 1. The maximum absolute atomic E-state index is 11.7. The van der Waals surface area contributed by atoms with E-state index in [0.717, 1.165) is 6.42 Å². The molecule has 5 heteroatoms. The molecule has 0 saturated heterocycles.